The van der Waals surface area contributed by atoms with Crippen molar-refractivity contribution in [2.75, 3.05) is 39.6 Å². The van der Waals surface area contributed by atoms with Crippen LogP contribution in [-0.2, 0) is 65.4 Å². The monoisotopic (exact) mass is 1380 g/mol. The zero-order chi connectivity index (χ0) is 69.4. The smallest absolute Gasteiger partial charge is 0.462 e. The molecule has 558 valence electrons. The molecule has 0 aliphatic rings. The van der Waals surface area contributed by atoms with Gasteiger partial charge in [-0.1, -0.05) is 331 Å². The van der Waals surface area contributed by atoms with Crippen LogP contribution in [0.25, 0.3) is 0 Å². The van der Waals surface area contributed by atoms with E-state index in [1.54, 1.807) is 0 Å². The Bertz CT molecular complexity index is 1840. The van der Waals surface area contributed by atoms with Crippen LogP contribution >= 0.6 is 15.6 Å². The summed E-state index contributed by atoms with van der Waals surface area (Å²) in [5.74, 6) is 0.0830. The number of ether oxygens (including phenoxy) is 4. The summed E-state index contributed by atoms with van der Waals surface area (Å²) in [5.41, 5.74) is 0. The topological polar surface area (TPSA) is 237 Å². The molecule has 0 spiro atoms. The Balaban J connectivity index is 5.21. The summed E-state index contributed by atoms with van der Waals surface area (Å²) in [7, 11) is -9.91. The Morgan fingerprint density at radius 2 is 0.543 bits per heavy atom. The summed E-state index contributed by atoms with van der Waals surface area (Å²) in [6.45, 7) is 11.8. The summed E-state index contributed by atoms with van der Waals surface area (Å²) in [5, 5.41) is 10.6. The first-order chi connectivity index (χ1) is 45.3. The molecule has 0 radical (unpaired) electrons. The van der Waals surface area contributed by atoms with Crippen LogP contribution in [0.5, 0.6) is 0 Å². The molecule has 6 atom stereocenters. The van der Waals surface area contributed by atoms with E-state index < -0.39 is 97.5 Å². The van der Waals surface area contributed by atoms with E-state index in [9.17, 15) is 43.2 Å². The van der Waals surface area contributed by atoms with Gasteiger partial charge in [-0.2, -0.15) is 0 Å². The van der Waals surface area contributed by atoms with E-state index >= 15 is 0 Å². The lowest BCUT2D eigenvalue weighted by molar-refractivity contribution is -0.161. The number of rotatable bonds is 73. The number of aliphatic hydroxyl groups is 1. The molecule has 0 aromatic rings. The van der Waals surface area contributed by atoms with Crippen LogP contribution in [0.4, 0.5) is 0 Å². The number of hydrogen-bond donors (Lipinski definition) is 3. The molecule has 0 saturated carbocycles. The largest absolute Gasteiger partial charge is 0.472 e. The first-order valence-corrected chi connectivity index (χ1v) is 41.9. The Labute approximate surface area is 575 Å². The molecule has 0 aromatic carbocycles. The normalized spacial score (nSPS) is 14.4. The van der Waals surface area contributed by atoms with Crippen molar-refractivity contribution in [3.05, 3.63) is 0 Å². The van der Waals surface area contributed by atoms with Crippen LogP contribution in [0.3, 0.4) is 0 Å². The van der Waals surface area contributed by atoms with E-state index in [0.29, 0.717) is 31.6 Å². The summed E-state index contributed by atoms with van der Waals surface area (Å²) < 4.78 is 68.4. The van der Waals surface area contributed by atoms with Gasteiger partial charge in [-0.15, -0.1) is 0 Å². The molecule has 0 amide bonds. The average molecular weight is 1380 g/mol. The zero-order valence-corrected chi connectivity index (χ0v) is 63.2. The fourth-order valence-corrected chi connectivity index (χ4v) is 13.0. The number of phosphoric ester groups is 2. The molecule has 17 nitrogen and oxygen atoms in total. The van der Waals surface area contributed by atoms with Gasteiger partial charge < -0.3 is 33.8 Å². The van der Waals surface area contributed by atoms with Crippen LogP contribution in [-0.4, -0.2) is 96.7 Å². The van der Waals surface area contributed by atoms with Crippen LogP contribution in [0.1, 0.15) is 382 Å². The van der Waals surface area contributed by atoms with Gasteiger partial charge in [-0.05, 0) is 43.4 Å². The van der Waals surface area contributed by atoms with Crippen molar-refractivity contribution in [1.82, 2.24) is 0 Å². The highest BCUT2D eigenvalue weighted by atomic mass is 31.2. The zero-order valence-electron chi connectivity index (χ0n) is 61.4. The molecule has 0 fully saturated rings. The maximum absolute atomic E-state index is 13.1. The SMILES string of the molecule is CCCCCCCCCCCCCCCCCCCCCCC(=O)O[C@H](COC(=O)CCCCCCCCCCCCC(C)CC)COP(=O)(O)OC[C@@H](O)COP(=O)(O)OC[C@@H](COC(=O)CCCCCCCCC(C)C)OC(=O)CCCCCCCCCCC(C)C. The molecule has 0 heterocycles. The van der Waals surface area contributed by atoms with Crippen LogP contribution < -0.4 is 0 Å². The highest BCUT2D eigenvalue weighted by molar-refractivity contribution is 7.47. The number of unbranched alkanes of at least 4 members (excludes halogenated alkanes) is 40. The maximum Gasteiger partial charge on any atom is 0.472 e. The first-order valence-electron chi connectivity index (χ1n) is 38.9. The van der Waals surface area contributed by atoms with Crippen LogP contribution in [0.15, 0.2) is 0 Å². The van der Waals surface area contributed by atoms with E-state index in [1.807, 2.05) is 0 Å². The first kappa shape index (κ1) is 92.1. The molecular weight excluding hydrogens is 1230 g/mol. The van der Waals surface area contributed by atoms with Crippen LogP contribution in [0.2, 0.25) is 0 Å². The Hall–Kier alpha value is -1.94. The number of carbonyl (C=O) groups excluding carboxylic acids is 4. The molecular formula is C75H146O17P2. The number of aliphatic hydroxyl groups excluding tert-OH is 1. The fourth-order valence-electron chi connectivity index (χ4n) is 11.4. The van der Waals surface area contributed by atoms with Gasteiger partial charge in [0.2, 0.25) is 0 Å². The third-order valence-electron chi connectivity index (χ3n) is 17.7. The van der Waals surface area contributed by atoms with Gasteiger partial charge in [0.1, 0.15) is 19.3 Å². The predicted octanol–water partition coefficient (Wildman–Crippen LogP) is 21.8. The molecule has 3 N–H and O–H groups in total. The predicted molar refractivity (Wildman–Crippen MR) is 381 cm³/mol. The van der Waals surface area contributed by atoms with Gasteiger partial charge in [-0.3, -0.25) is 37.3 Å². The van der Waals surface area contributed by atoms with Gasteiger partial charge in [0.05, 0.1) is 26.4 Å². The lowest BCUT2D eigenvalue weighted by Crippen LogP contribution is -2.30. The van der Waals surface area contributed by atoms with E-state index in [-0.39, 0.29) is 25.7 Å². The van der Waals surface area contributed by atoms with E-state index in [4.69, 9.17) is 37.0 Å². The van der Waals surface area contributed by atoms with Gasteiger partial charge in [0, 0.05) is 25.7 Å². The molecule has 0 rings (SSSR count). The highest BCUT2D eigenvalue weighted by Gasteiger charge is 2.30. The summed E-state index contributed by atoms with van der Waals surface area (Å²) in [6.07, 6.45) is 51.6. The Morgan fingerprint density at radius 1 is 0.309 bits per heavy atom. The number of hydrogen-bond acceptors (Lipinski definition) is 15. The molecule has 3 unspecified atom stereocenters. The van der Waals surface area contributed by atoms with Crippen molar-refractivity contribution in [2.24, 2.45) is 17.8 Å². The maximum atomic E-state index is 13.1. The van der Waals surface area contributed by atoms with Crippen molar-refractivity contribution < 1.29 is 80.2 Å². The second kappa shape index (κ2) is 65.7. The molecule has 0 aliphatic carbocycles. The van der Waals surface area contributed by atoms with Crippen LogP contribution in [0, 0.1) is 17.8 Å². The standard InChI is InChI=1S/C75H146O17P2/c1-8-10-11-12-13-14-15-16-17-18-19-20-21-22-23-24-29-35-44-51-58-74(79)91-70(62-85-72(77)56-49-42-34-28-26-25-27-33-41-48-55-68(7)9-2)64-89-93(81,82)87-60-69(76)61-88-94(83,84)90-65-71(63-86-73(78)57-50-43-38-37-40-47-54-67(5)6)92-75(80)59-52-45-36-31-30-32-39-46-53-66(3)4/h66-71,76H,8-65H2,1-7H3,(H,81,82)(H,83,84)/t68?,69-,70-,71-/m1/s1. The highest BCUT2D eigenvalue weighted by Crippen LogP contribution is 2.45. The Kier molecular flexibility index (Phi) is 64.3. The molecule has 0 saturated heterocycles. The van der Waals surface area contributed by atoms with E-state index in [2.05, 4.69) is 48.5 Å². The third-order valence-corrected chi connectivity index (χ3v) is 19.6. The van der Waals surface area contributed by atoms with Gasteiger partial charge >= 0.3 is 39.5 Å². The number of phosphoric acid groups is 2. The second-order valence-corrected chi connectivity index (χ2v) is 31.1. The lowest BCUT2D eigenvalue weighted by atomic mass is 9.99. The summed E-state index contributed by atoms with van der Waals surface area (Å²) in [4.78, 5) is 72.7. The minimum Gasteiger partial charge on any atom is -0.462 e. The lowest BCUT2D eigenvalue weighted by Gasteiger charge is -2.21. The molecule has 0 aromatic heterocycles. The number of carbonyl (C=O) groups is 4. The second-order valence-electron chi connectivity index (χ2n) is 28.2. The van der Waals surface area contributed by atoms with Gasteiger partial charge in [0.15, 0.2) is 12.2 Å². The fraction of sp³-hybridized carbons (Fsp3) is 0.947. The van der Waals surface area contributed by atoms with Gasteiger partial charge in [0.25, 0.3) is 0 Å². The van der Waals surface area contributed by atoms with Crippen molar-refractivity contribution in [1.29, 1.82) is 0 Å². The van der Waals surface area contributed by atoms with Crippen molar-refractivity contribution >= 4 is 39.5 Å². The molecule has 0 bridgehead atoms. The van der Waals surface area contributed by atoms with Crippen molar-refractivity contribution in [2.45, 2.75) is 401 Å². The van der Waals surface area contributed by atoms with Gasteiger partial charge in [-0.25, -0.2) is 9.13 Å². The van der Waals surface area contributed by atoms with Crippen molar-refractivity contribution in [3.63, 3.8) is 0 Å². The Morgan fingerprint density at radius 3 is 0.809 bits per heavy atom. The average Bonchev–Trinajstić information content (AvgIpc) is 2.06. The molecule has 94 heavy (non-hydrogen) atoms. The summed E-state index contributed by atoms with van der Waals surface area (Å²) in [6, 6.07) is 0. The van der Waals surface area contributed by atoms with Crippen molar-refractivity contribution in [3.8, 4) is 0 Å². The third kappa shape index (κ3) is 67.3. The quantitative estimate of drug-likeness (QED) is 0.0222. The summed E-state index contributed by atoms with van der Waals surface area (Å²) >= 11 is 0. The van der Waals surface area contributed by atoms with E-state index in [0.717, 1.165) is 108 Å². The molecule has 0 aliphatic heterocycles. The van der Waals surface area contributed by atoms with E-state index in [1.165, 1.54) is 186 Å². The number of esters is 4. The molecule has 19 heteroatoms. The minimum atomic E-state index is -4.96. The minimum absolute atomic E-state index is 0.103.